The average Bonchev–Trinajstić information content (AvgIpc) is 2.82. The molecule has 1 fully saturated rings. The molecule has 1 aliphatic heterocycles. The van der Waals surface area contributed by atoms with Crippen LogP contribution >= 0.6 is 0 Å². The minimum Gasteiger partial charge on any atom is -0.339 e. The lowest BCUT2D eigenvalue weighted by Crippen LogP contribution is -2.59. The summed E-state index contributed by atoms with van der Waals surface area (Å²) in [6.45, 7) is 3.53. The summed E-state index contributed by atoms with van der Waals surface area (Å²) in [6, 6.07) is 20.4. The highest BCUT2D eigenvalue weighted by Crippen LogP contribution is 2.27. The zero-order valence-corrected chi connectivity index (χ0v) is 18.4. The van der Waals surface area contributed by atoms with Gasteiger partial charge < -0.3 is 14.4 Å². The fourth-order valence-electron chi connectivity index (χ4n) is 4.29. The zero-order chi connectivity index (χ0) is 22.7. The largest absolute Gasteiger partial charge is 0.339 e. The van der Waals surface area contributed by atoms with Gasteiger partial charge in [0.15, 0.2) is 0 Å². The number of rotatable bonds is 5. The van der Waals surface area contributed by atoms with Gasteiger partial charge in [-0.25, -0.2) is 0 Å². The first-order valence-electron chi connectivity index (χ1n) is 10.9. The molecule has 6 nitrogen and oxygen atoms in total. The van der Waals surface area contributed by atoms with E-state index < -0.39 is 6.04 Å². The van der Waals surface area contributed by atoms with Crippen LogP contribution in [0.1, 0.15) is 22.8 Å². The van der Waals surface area contributed by atoms with Gasteiger partial charge in [0.05, 0.1) is 5.56 Å². The van der Waals surface area contributed by atoms with Crippen LogP contribution in [-0.2, 0) is 18.3 Å². The summed E-state index contributed by atoms with van der Waals surface area (Å²) in [7, 11) is 1.62. The van der Waals surface area contributed by atoms with Crippen molar-refractivity contribution in [3.8, 4) is 11.1 Å². The first-order valence-corrected chi connectivity index (χ1v) is 10.9. The van der Waals surface area contributed by atoms with Crippen LogP contribution in [0.2, 0.25) is 0 Å². The lowest BCUT2D eigenvalue weighted by Gasteiger charge is -2.40. The van der Waals surface area contributed by atoms with Gasteiger partial charge in [-0.2, -0.15) is 0 Å². The number of carbonyl (C=O) groups excluding carboxylic acids is 2. The van der Waals surface area contributed by atoms with E-state index >= 15 is 0 Å². The lowest BCUT2D eigenvalue weighted by molar-refractivity contribution is -0.139. The van der Waals surface area contributed by atoms with E-state index in [9.17, 15) is 14.4 Å². The SMILES string of the molecule is CCN1CCN(C(=O)c2ccc(=O)n(C)c2)C(Cc2ccccc2-c2ccccc2)C1=O. The highest BCUT2D eigenvalue weighted by molar-refractivity contribution is 5.98. The second kappa shape index (κ2) is 9.22. The van der Waals surface area contributed by atoms with E-state index in [4.69, 9.17) is 0 Å². The number of hydrogen-bond acceptors (Lipinski definition) is 3. The summed E-state index contributed by atoms with van der Waals surface area (Å²) >= 11 is 0. The number of benzene rings is 2. The monoisotopic (exact) mass is 429 g/mol. The molecule has 1 aliphatic rings. The highest BCUT2D eigenvalue weighted by Gasteiger charge is 2.37. The van der Waals surface area contributed by atoms with Gasteiger partial charge in [0.2, 0.25) is 11.5 Å². The molecule has 1 unspecified atom stereocenters. The van der Waals surface area contributed by atoms with Crippen LogP contribution in [-0.4, -0.2) is 51.9 Å². The van der Waals surface area contributed by atoms with Crippen molar-refractivity contribution < 1.29 is 9.59 Å². The summed E-state index contributed by atoms with van der Waals surface area (Å²) < 4.78 is 1.39. The number of carbonyl (C=O) groups is 2. The molecule has 4 rings (SSSR count). The number of pyridine rings is 1. The molecule has 0 saturated carbocycles. The number of nitrogens with zero attached hydrogens (tertiary/aromatic N) is 3. The van der Waals surface area contributed by atoms with Gasteiger partial charge in [-0.1, -0.05) is 54.6 Å². The first-order chi connectivity index (χ1) is 15.5. The Morgan fingerprint density at radius 1 is 0.938 bits per heavy atom. The third kappa shape index (κ3) is 4.21. The molecule has 0 bridgehead atoms. The van der Waals surface area contributed by atoms with Gasteiger partial charge in [0.1, 0.15) is 6.04 Å². The molecule has 164 valence electrons. The van der Waals surface area contributed by atoms with Crippen LogP contribution in [0.25, 0.3) is 11.1 Å². The van der Waals surface area contributed by atoms with Crippen molar-refractivity contribution in [1.82, 2.24) is 14.4 Å². The van der Waals surface area contributed by atoms with Gasteiger partial charge in [0.25, 0.3) is 5.91 Å². The predicted molar refractivity (Wildman–Crippen MR) is 124 cm³/mol. The molecule has 1 saturated heterocycles. The van der Waals surface area contributed by atoms with E-state index in [0.717, 1.165) is 16.7 Å². The summed E-state index contributed by atoms with van der Waals surface area (Å²) in [5.41, 5.74) is 3.39. The van der Waals surface area contributed by atoms with Crippen molar-refractivity contribution in [3.63, 3.8) is 0 Å². The molecule has 32 heavy (non-hydrogen) atoms. The quantitative estimate of drug-likeness (QED) is 0.627. The number of aromatic nitrogens is 1. The summed E-state index contributed by atoms with van der Waals surface area (Å²) in [5, 5.41) is 0. The van der Waals surface area contributed by atoms with E-state index in [1.807, 2.05) is 55.5 Å². The van der Waals surface area contributed by atoms with E-state index in [1.165, 1.54) is 22.9 Å². The van der Waals surface area contributed by atoms with E-state index in [2.05, 4.69) is 6.07 Å². The molecule has 2 amide bonds. The first kappa shape index (κ1) is 21.6. The molecule has 0 N–H and O–H groups in total. The molecule has 0 spiro atoms. The van der Waals surface area contributed by atoms with Gasteiger partial charge >= 0.3 is 0 Å². The highest BCUT2D eigenvalue weighted by atomic mass is 16.2. The van der Waals surface area contributed by atoms with Crippen molar-refractivity contribution in [2.24, 2.45) is 7.05 Å². The van der Waals surface area contributed by atoms with Crippen LogP contribution in [0.4, 0.5) is 0 Å². The second-order valence-corrected chi connectivity index (χ2v) is 8.03. The normalized spacial score (nSPS) is 16.3. The average molecular weight is 430 g/mol. The standard InChI is InChI=1S/C26H27N3O3/c1-3-28-15-16-29(25(31)21-13-14-24(30)27(2)18-21)23(26(28)32)17-20-11-7-8-12-22(20)19-9-5-4-6-10-19/h4-14,18,23H,3,15-17H2,1-2H3. The van der Waals surface area contributed by atoms with Crippen LogP contribution in [0.15, 0.2) is 77.7 Å². The second-order valence-electron chi connectivity index (χ2n) is 8.03. The Morgan fingerprint density at radius 2 is 1.66 bits per heavy atom. The lowest BCUT2D eigenvalue weighted by atomic mass is 9.93. The summed E-state index contributed by atoms with van der Waals surface area (Å²) in [6.07, 6.45) is 1.97. The van der Waals surface area contributed by atoms with Crippen LogP contribution < -0.4 is 5.56 Å². The fraction of sp³-hybridized carbons (Fsp3) is 0.269. The van der Waals surface area contributed by atoms with Gasteiger partial charge in [-0.05, 0) is 29.7 Å². The molecule has 2 heterocycles. The van der Waals surface area contributed by atoms with Crippen LogP contribution in [0.3, 0.4) is 0 Å². The molecule has 0 aliphatic carbocycles. The zero-order valence-electron chi connectivity index (χ0n) is 18.4. The van der Waals surface area contributed by atoms with Crippen molar-refractivity contribution in [1.29, 1.82) is 0 Å². The molecule has 6 heteroatoms. The summed E-state index contributed by atoms with van der Waals surface area (Å²) in [5.74, 6) is -0.272. The van der Waals surface area contributed by atoms with Crippen molar-refractivity contribution >= 4 is 11.8 Å². The van der Waals surface area contributed by atoms with Crippen LogP contribution in [0.5, 0.6) is 0 Å². The Labute approximate surface area is 187 Å². The van der Waals surface area contributed by atoms with E-state index in [-0.39, 0.29) is 17.4 Å². The smallest absolute Gasteiger partial charge is 0.256 e. The third-order valence-corrected chi connectivity index (χ3v) is 6.07. The Hall–Kier alpha value is -3.67. The minimum atomic E-state index is -0.599. The molecule has 1 atom stereocenters. The Balaban J connectivity index is 1.70. The maximum Gasteiger partial charge on any atom is 0.256 e. The maximum atomic E-state index is 13.4. The van der Waals surface area contributed by atoms with Crippen molar-refractivity contribution in [2.45, 2.75) is 19.4 Å². The fourth-order valence-corrected chi connectivity index (χ4v) is 4.29. The number of aryl methyl sites for hydroxylation is 1. The summed E-state index contributed by atoms with van der Waals surface area (Å²) in [4.78, 5) is 42.0. The Bertz CT molecular complexity index is 1190. The number of likely N-dealkylation sites (N-methyl/N-ethyl adjacent to an activating group) is 1. The number of amides is 2. The molecule has 1 aromatic heterocycles. The van der Waals surface area contributed by atoms with Gasteiger partial charge in [0, 0.05) is 45.4 Å². The van der Waals surface area contributed by atoms with Crippen molar-refractivity contribution in [3.05, 3.63) is 94.4 Å². The maximum absolute atomic E-state index is 13.4. The van der Waals surface area contributed by atoms with Gasteiger partial charge in [-0.3, -0.25) is 14.4 Å². The van der Waals surface area contributed by atoms with Crippen LogP contribution in [0, 0.1) is 0 Å². The molecule has 2 aromatic carbocycles. The minimum absolute atomic E-state index is 0.0419. The Morgan fingerprint density at radius 3 is 2.38 bits per heavy atom. The number of hydrogen-bond donors (Lipinski definition) is 0. The van der Waals surface area contributed by atoms with Crippen molar-refractivity contribution in [2.75, 3.05) is 19.6 Å². The molecule has 0 radical (unpaired) electrons. The third-order valence-electron chi connectivity index (χ3n) is 6.07. The van der Waals surface area contributed by atoms with Gasteiger partial charge in [-0.15, -0.1) is 0 Å². The number of piperazine rings is 1. The predicted octanol–water partition coefficient (Wildman–Crippen LogP) is 2.97. The Kier molecular flexibility index (Phi) is 6.21. The molecule has 3 aromatic rings. The topological polar surface area (TPSA) is 62.6 Å². The molecular weight excluding hydrogens is 402 g/mol. The molecular formula is C26H27N3O3. The van der Waals surface area contributed by atoms with E-state index in [0.29, 0.717) is 31.6 Å². The van der Waals surface area contributed by atoms with E-state index in [1.54, 1.807) is 16.8 Å².